The minimum atomic E-state index is -0.557. The molecule has 0 aromatic carbocycles. The van der Waals surface area contributed by atoms with Gasteiger partial charge in [-0.2, -0.15) is 0 Å². The number of hydrogen-bond donors (Lipinski definition) is 1. The molecule has 0 aromatic heterocycles. The molecule has 1 atom stereocenters. The molecule has 0 spiro atoms. The average molecular weight is 257 g/mol. The monoisotopic (exact) mass is 257 g/mol. The van der Waals surface area contributed by atoms with Crippen LogP contribution in [0, 0.1) is 10.8 Å². The number of carbonyl (C=O) groups is 1. The summed E-state index contributed by atoms with van der Waals surface area (Å²) in [6.45, 7) is 14.7. The van der Waals surface area contributed by atoms with Gasteiger partial charge < -0.3 is 10.5 Å². The van der Waals surface area contributed by atoms with Crippen molar-refractivity contribution in [3.05, 3.63) is 0 Å². The third kappa shape index (κ3) is 4.97. The first-order valence-corrected chi connectivity index (χ1v) is 6.90. The van der Waals surface area contributed by atoms with E-state index < -0.39 is 5.41 Å². The van der Waals surface area contributed by atoms with E-state index >= 15 is 0 Å². The fourth-order valence-corrected chi connectivity index (χ4v) is 2.02. The summed E-state index contributed by atoms with van der Waals surface area (Å²) >= 11 is 0. The van der Waals surface area contributed by atoms with Gasteiger partial charge in [0.15, 0.2) is 0 Å². The molecule has 0 aromatic rings. The largest absolute Gasteiger partial charge is 0.465 e. The van der Waals surface area contributed by atoms with Gasteiger partial charge in [-0.15, -0.1) is 0 Å². The van der Waals surface area contributed by atoms with E-state index in [0.29, 0.717) is 13.0 Å². The molecule has 0 saturated heterocycles. The molecule has 0 aliphatic rings. The Balaban J connectivity index is 4.94. The summed E-state index contributed by atoms with van der Waals surface area (Å²) in [6, 6.07) is 0. The van der Waals surface area contributed by atoms with Crippen LogP contribution in [0.4, 0.5) is 0 Å². The molecule has 108 valence electrons. The molecule has 0 saturated carbocycles. The highest BCUT2D eigenvalue weighted by Gasteiger charge is 2.47. The Morgan fingerprint density at radius 3 is 1.94 bits per heavy atom. The molecule has 3 nitrogen and oxygen atoms in total. The normalized spacial score (nSPS) is 16.2. The first kappa shape index (κ1) is 17.4. The summed E-state index contributed by atoms with van der Waals surface area (Å²) in [5, 5.41) is 0. The summed E-state index contributed by atoms with van der Waals surface area (Å²) in [5.41, 5.74) is 4.99. The fraction of sp³-hybridized carbons (Fsp3) is 0.933. The summed E-state index contributed by atoms with van der Waals surface area (Å²) in [5.74, 6) is -0.123. The van der Waals surface area contributed by atoms with Crippen LogP contribution in [0.5, 0.6) is 0 Å². The van der Waals surface area contributed by atoms with Gasteiger partial charge in [0.05, 0.1) is 12.0 Å². The average Bonchev–Trinajstić information content (AvgIpc) is 2.13. The number of esters is 1. The number of hydrogen-bond acceptors (Lipinski definition) is 3. The maximum atomic E-state index is 12.4. The number of carbonyl (C=O) groups excluding carboxylic acids is 1. The van der Waals surface area contributed by atoms with Gasteiger partial charge in [-0.1, -0.05) is 34.1 Å². The number of rotatable bonds is 6. The highest BCUT2D eigenvalue weighted by Crippen LogP contribution is 2.44. The van der Waals surface area contributed by atoms with Crippen LogP contribution < -0.4 is 5.73 Å². The summed E-state index contributed by atoms with van der Waals surface area (Å²) in [6.07, 6.45) is 2.56. The smallest absolute Gasteiger partial charge is 0.312 e. The zero-order valence-corrected chi connectivity index (χ0v) is 13.2. The minimum Gasteiger partial charge on any atom is -0.465 e. The maximum Gasteiger partial charge on any atom is 0.312 e. The Bertz CT molecular complexity index is 273. The van der Waals surface area contributed by atoms with E-state index in [9.17, 15) is 4.79 Å². The first-order valence-electron chi connectivity index (χ1n) is 6.90. The van der Waals surface area contributed by atoms with Gasteiger partial charge in [-0.25, -0.2) is 0 Å². The van der Waals surface area contributed by atoms with Crippen LogP contribution in [0.25, 0.3) is 0 Å². The highest BCUT2D eigenvalue weighted by molar-refractivity contribution is 5.77. The van der Waals surface area contributed by atoms with Gasteiger partial charge in [0.2, 0.25) is 0 Å². The zero-order chi connectivity index (χ0) is 14.6. The van der Waals surface area contributed by atoms with Crippen LogP contribution in [0.3, 0.4) is 0 Å². The van der Waals surface area contributed by atoms with Crippen LogP contribution in [0.1, 0.15) is 67.7 Å². The minimum absolute atomic E-state index is 0.123. The third-order valence-electron chi connectivity index (χ3n) is 3.65. The summed E-state index contributed by atoms with van der Waals surface area (Å²) in [4.78, 5) is 12.4. The predicted octanol–water partition coefficient (Wildman–Crippen LogP) is 3.51. The van der Waals surface area contributed by atoms with Crippen LogP contribution >= 0.6 is 0 Å². The van der Waals surface area contributed by atoms with Crippen LogP contribution in [-0.2, 0) is 9.53 Å². The van der Waals surface area contributed by atoms with Gasteiger partial charge in [-0.05, 0) is 39.0 Å². The van der Waals surface area contributed by atoms with Gasteiger partial charge in [-0.3, -0.25) is 4.79 Å². The predicted molar refractivity (Wildman–Crippen MR) is 76.3 cm³/mol. The SMILES string of the molecule is CCCCOC(=O)C(C)(CC(C)(C)N)C(C)(C)C. The topological polar surface area (TPSA) is 52.3 Å². The van der Waals surface area contributed by atoms with E-state index in [1.54, 1.807) is 0 Å². The lowest BCUT2D eigenvalue weighted by Gasteiger charge is -2.43. The molecule has 0 rings (SSSR count). The van der Waals surface area contributed by atoms with Crippen LogP contribution in [0.15, 0.2) is 0 Å². The number of unbranched alkanes of at least 4 members (excludes halogenated alkanes) is 1. The fourth-order valence-electron chi connectivity index (χ4n) is 2.02. The van der Waals surface area contributed by atoms with Gasteiger partial charge in [0.1, 0.15) is 0 Å². The van der Waals surface area contributed by atoms with Crippen molar-refractivity contribution in [1.29, 1.82) is 0 Å². The second kappa shape index (κ2) is 6.05. The van der Waals surface area contributed by atoms with E-state index in [1.165, 1.54) is 0 Å². The Labute approximate surface area is 112 Å². The van der Waals surface area contributed by atoms with Crippen molar-refractivity contribution in [3.8, 4) is 0 Å². The quantitative estimate of drug-likeness (QED) is 0.585. The van der Waals surface area contributed by atoms with E-state index in [4.69, 9.17) is 10.5 Å². The van der Waals surface area contributed by atoms with Crippen molar-refractivity contribution < 1.29 is 9.53 Å². The highest BCUT2D eigenvalue weighted by atomic mass is 16.5. The van der Waals surface area contributed by atoms with Crippen molar-refractivity contribution in [2.75, 3.05) is 6.61 Å². The summed E-state index contributed by atoms with van der Waals surface area (Å²) in [7, 11) is 0. The molecule has 0 fully saturated rings. The van der Waals surface area contributed by atoms with Crippen molar-refractivity contribution in [2.24, 2.45) is 16.6 Å². The van der Waals surface area contributed by atoms with Crippen molar-refractivity contribution in [3.63, 3.8) is 0 Å². The third-order valence-corrected chi connectivity index (χ3v) is 3.65. The van der Waals surface area contributed by atoms with Crippen molar-refractivity contribution in [1.82, 2.24) is 0 Å². The van der Waals surface area contributed by atoms with E-state index in [0.717, 1.165) is 12.8 Å². The van der Waals surface area contributed by atoms with E-state index in [-0.39, 0.29) is 16.9 Å². The van der Waals surface area contributed by atoms with Gasteiger partial charge in [0, 0.05) is 5.54 Å². The first-order chi connectivity index (χ1) is 7.94. The molecule has 0 bridgehead atoms. The molecule has 2 N–H and O–H groups in total. The van der Waals surface area contributed by atoms with Crippen LogP contribution in [0.2, 0.25) is 0 Å². The lowest BCUT2D eigenvalue weighted by molar-refractivity contribution is -0.163. The molecular weight excluding hydrogens is 226 g/mol. The lowest BCUT2D eigenvalue weighted by atomic mass is 9.63. The molecule has 0 amide bonds. The summed E-state index contributed by atoms with van der Waals surface area (Å²) < 4.78 is 5.43. The molecule has 0 radical (unpaired) electrons. The molecule has 3 heteroatoms. The Kier molecular flexibility index (Phi) is 5.86. The van der Waals surface area contributed by atoms with Crippen LogP contribution in [-0.4, -0.2) is 18.1 Å². The Hall–Kier alpha value is -0.570. The molecule has 0 heterocycles. The molecule has 0 aliphatic heterocycles. The lowest BCUT2D eigenvalue weighted by Crippen LogP contribution is -2.49. The molecule has 0 aliphatic carbocycles. The van der Waals surface area contributed by atoms with E-state index in [2.05, 4.69) is 27.7 Å². The zero-order valence-electron chi connectivity index (χ0n) is 13.2. The van der Waals surface area contributed by atoms with Crippen molar-refractivity contribution in [2.45, 2.75) is 73.3 Å². The van der Waals surface area contributed by atoms with Gasteiger partial charge in [0.25, 0.3) is 0 Å². The molecule has 18 heavy (non-hydrogen) atoms. The van der Waals surface area contributed by atoms with E-state index in [1.807, 2.05) is 20.8 Å². The Morgan fingerprint density at radius 1 is 1.11 bits per heavy atom. The van der Waals surface area contributed by atoms with Crippen molar-refractivity contribution >= 4 is 5.97 Å². The number of ether oxygens (including phenoxy) is 1. The molecular formula is C15H31NO2. The second-order valence-electron chi connectivity index (χ2n) is 7.24. The standard InChI is InChI=1S/C15H31NO2/c1-8-9-10-18-12(17)15(7,13(2,3)4)11-14(5,6)16/h8-11,16H2,1-7H3. The Morgan fingerprint density at radius 2 is 1.61 bits per heavy atom. The van der Waals surface area contributed by atoms with Gasteiger partial charge >= 0.3 is 5.97 Å². The maximum absolute atomic E-state index is 12.4. The molecule has 1 unspecified atom stereocenters. The second-order valence-corrected chi connectivity index (χ2v) is 7.24. The number of nitrogens with two attached hydrogens (primary N) is 1.